The van der Waals surface area contributed by atoms with Gasteiger partial charge >= 0.3 is 0 Å². The molecule has 2 aliphatic rings. The monoisotopic (exact) mass is 277 g/mol. The fourth-order valence-electron chi connectivity index (χ4n) is 3.21. The molecule has 4 nitrogen and oxygen atoms in total. The van der Waals surface area contributed by atoms with E-state index in [1.165, 1.54) is 36.0 Å². The zero-order valence-electron chi connectivity index (χ0n) is 12.1. The molecule has 1 aliphatic heterocycles. The number of hydrogen-bond acceptors (Lipinski definition) is 4. The van der Waals surface area contributed by atoms with Gasteiger partial charge in [0.2, 0.25) is 0 Å². The molecule has 1 heterocycles. The van der Waals surface area contributed by atoms with Crippen molar-refractivity contribution in [2.45, 2.75) is 31.9 Å². The van der Waals surface area contributed by atoms with Crippen molar-refractivity contribution >= 4 is 0 Å². The van der Waals surface area contributed by atoms with Gasteiger partial charge in [-0.3, -0.25) is 4.90 Å². The van der Waals surface area contributed by atoms with Crippen LogP contribution in [0.2, 0.25) is 0 Å². The van der Waals surface area contributed by atoms with E-state index in [2.05, 4.69) is 17.0 Å². The number of methoxy groups -OCH3 is 1. The van der Waals surface area contributed by atoms with Crippen molar-refractivity contribution < 1.29 is 14.6 Å². The Balaban J connectivity index is 1.79. The molecule has 1 N–H and O–H groups in total. The number of aliphatic hydroxyl groups excluding tert-OH is 1. The van der Waals surface area contributed by atoms with Crippen LogP contribution in [0.1, 0.15) is 23.1 Å². The van der Waals surface area contributed by atoms with Gasteiger partial charge in [0, 0.05) is 25.2 Å². The lowest BCUT2D eigenvalue weighted by atomic mass is 10.0. The fraction of sp³-hybridized carbons (Fsp3) is 0.625. The van der Waals surface area contributed by atoms with Crippen LogP contribution in [0, 0.1) is 0 Å². The van der Waals surface area contributed by atoms with Crippen molar-refractivity contribution in [2.75, 3.05) is 33.4 Å². The van der Waals surface area contributed by atoms with Gasteiger partial charge in [0.25, 0.3) is 0 Å². The van der Waals surface area contributed by atoms with Crippen LogP contribution < -0.4 is 4.74 Å². The number of aryl methyl sites for hydroxylation is 2. The van der Waals surface area contributed by atoms with Crippen LogP contribution in [0.15, 0.2) is 12.1 Å². The molecule has 20 heavy (non-hydrogen) atoms. The molecule has 1 aromatic rings. The Bertz CT molecular complexity index is 475. The third-order valence-corrected chi connectivity index (χ3v) is 4.22. The van der Waals surface area contributed by atoms with Crippen molar-refractivity contribution in [1.82, 2.24) is 4.90 Å². The van der Waals surface area contributed by atoms with Gasteiger partial charge in [0.15, 0.2) is 0 Å². The van der Waals surface area contributed by atoms with Crippen LogP contribution in [-0.4, -0.2) is 49.5 Å². The molecule has 0 spiro atoms. The lowest BCUT2D eigenvalue weighted by molar-refractivity contribution is 0.0562. The van der Waals surface area contributed by atoms with Crippen LogP contribution in [0.3, 0.4) is 0 Å². The molecular weight excluding hydrogens is 254 g/mol. The van der Waals surface area contributed by atoms with Crippen LogP contribution in [0.5, 0.6) is 5.75 Å². The molecule has 0 aromatic heterocycles. The molecule has 0 amide bonds. The molecule has 4 heteroatoms. The maximum atomic E-state index is 9.82. The van der Waals surface area contributed by atoms with Gasteiger partial charge in [-0.2, -0.15) is 0 Å². The van der Waals surface area contributed by atoms with E-state index in [4.69, 9.17) is 9.47 Å². The minimum atomic E-state index is -0.391. The summed E-state index contributed by atoms with van der Waals surface area (Å²) >= 11 is 0. The van der Waals surface area contributed by atoms with Crippen molar-refractivity contribution in [2.24, 2.45) is 0 Å². The Kier molecular flexibility index (Phi) is 4.24. The molecule has 3 rings (SSSR count). The van der Waals surface area contributed by atoms with E-state index < -0.39 is 6.10 Å². The Morgan fingerprint density at radius 2 is 2.15 bits per heavy atom. The quantitative estimate of drug-likeness (QED) is 0.906. The van der Waals surface area contributed by atoms with Gasteiger partial charge in [-0.1, -0.05) is 6.07 Å². The number of aliphatic hydroxyl groups is 1. The van der Waals surface area contributed by atoms with Crippen LogP contribution in [0.25, 0.3) is 0 Å². The van der Waals surface area contributed by atoms with E-state index >= 15 is 0 Å². The molecule has 1 saturated heterocycles. The Morgan fingerprint density at radius 3 is 2.95 bits per heavy atom. The summed E-state index contributed by atoms with van der Waals surface area (Å²) in [6.07, 6.45) is 3.20. The maximum absolute atomic E-state index is 9.82. The van der Waals surface area contributed by atoms with Crippen molar-refractivity contribution in [1.29, 1.82) is 0 Å². The van der Waals surface area contributed by atoms with Crippen LogP contribution >= 0.6 is 0 Å². The summed E-state index contributed by atoms with van der Waals surface area (Å²) in [6, 6.07) is 4.49. The molecule has 1 atom stereocenters. The molecule has 0 unspecified atom stereocenters. The first-order valence-corrected chi connectivity index (χ1v) is 7.43. The molecular formula is C16H23NO3. The van der Waals surface area contributed by atoms with Gasteiger partial charge in [-0.15, -0.1) is 0 Å². The molecule has 0 radical (unpaired) electrons. The standard InChI is InChI=1S/C16H23NO3/c1-19-16-8-13-4-2-3-12(13)7-14(16)9-17-5-6-20-11-15(18)10-17/h7-8,15,18H,2-6,9-11H2,1H3/t15-/m0/s1. The van der Waals surface area contributed by atoms with E-state index in [1.807, 2.05) is 0 Å². The fourth-order valence-corrected chi connectivity index (χ4v) is 3.21. The minimum Gasteiger partial charge on any atom is -0.496 e. The number of fused-ring (bicyclic) bond motifs is 1. The van der Waals surface area contributed by atoms with E-state index in [1.54, 1.807) is 7.11 Å². The van der Waals surface area contributed by atoms with E-state index in [0.717, 1.165) is 18.8 Å². The first-order valence-electron chi connectivity index (χ1n) is 7.43. The predicted octanol–water partition coefficient (Wildman–Crippen LogP) is 1.38. The largest absolute Gasteiger partial charge is 0.496 e. The number of nitrogens with zero attached hydrogens (tertiary/aromatic N) is 1. The lowest BCUT2D eigenvalue weighted by Gasteiger charge is -2.22. The average molecular weight is 277 g/mol. The highest BCUT2D eigenvalue weighted by atomic mass is 16.5. The Labute approximate surface area is 120 Å². The predicted molar refractivity (Wildman–Crippen MR) is 77.1 cm³/mol. The second-order valence-electron chi connectivity index (χ2n) is 5.75. The highest BCUT2D eigenvalue weighted by Crippen LogP contribution is 2.30. The first kappa shape index (κ1) is 13.9. The van der Waals surface area contributed by atoms with Gasteiger partial charge in [0.1, 0.15) is 5.75 Å². The van der Waals surface area contributed by atoms with Crippen molar-refractivity contribution in [3.8, 4) is 5.75 Å². The molecule has 0 bridgehead atoms. The Morgan fingerprint density at radius 1 is 1.35 bits per heavy atom. The van der Waals surface area contributed by atoms with E-state index in [9.17, 15) is 5.11 Å². The van der Waals surface area contributed by atoms with E-state index in [-0.39, 0.29) is 0 Å². The summed E-state index contributed by atoms with van der Waals surface area (Å²) < 4.78 is 10.9. The zero-order chi connectivity index (χ0) is 13.9. The van der Waals surface area contributed by atoms with Crippen molar-refractivity contribution in [3.63, 3.8) is 0 Å². The average Bonchev–Trinajstić information content (AvgIpc) is 2.79. The number of β-amino-alcohol motifs (C(OH)–C–C–N with tert-alkyl or cyclic N) is 1. The van der Waals surface area contributed by atoms with Crippen LogP contribution in [-0.2, 0) is 24.1 Å². The molecule has 0 saturated carbocycles. The zero-order valence-corrected chi connectivity index (χ0v) is 12.1. The summed E-state index contributed by atoms with van der Waals surface area (Å²) in [5, 5.41) is 9.82. The topological polar surface area (TPSA) is 41.9 Å². The second-order valence-corrected chi connectivity index (χ2v) is 5.75. The molecule has 1 aromatic carbocycles. The summed E-state index contributed by atoms with van der Waals surface area (Å²) in [5.41, 5.74) is 4.12. The molecule has 110 valence electrons. The second kappa shape index (κ2) is 6.12. The SMILES string of the molecule is COc1cc2c(cc1CN1CCOC[C@@H](O)C1)CCC2. The smallest absolute Gasteiger partial charge is 0.123 e. The summed E-state index contributed by atoms with van der Waals surface area (Å²) in [5.74, 6) is 0.977. The van der Waals surface area contributed by atoms with Gasteiger partial charge in [0.05, 0.1) is 26.4 Å². The summed E-state index contributed by atoms with van der Waals surface area (Å²) in [6.45, 7) is 3.47. The number of benzene rings is 1. The third-order valence-electron chi connectivity index (χ3n) is 4.22. The highest BCUT2D eigenvalue weighted by Gasteiger charge is 2.20. The van der Waals surface area contributed by atoms with Crippen molar-refractivity contribution in [3.05, 3.63) is 28.8 Å². The van der Waals surface area contributed by atoms with Crippen LogP contribution in [0.4, 0.5) is 0 Å². The molecule has 1 fully saturated rings. The highest BCUT2D eigenvalue weighted by molar-refractivity contribution is 5.44. The lowest BCUT2D eigenvalue weighted by Crippen LogP contribution is -2.32. The first-order chi connectivity index (χ1) is 9.76. The molecule has 1 aliphatic carbocycles. The Hall–Kier alpha value is -1.10. The number of ether oxygens (including phenoxy) is 2. The minimum absolute atomic E-state index is 0.391. The van der Waals surface area contributed by atoms with E-state index in [0.29, 0.717) is 19.8 Å². The number of rotatable bonds is 3. The van der Waals surface area contributed by atoms with Gasteiger partial charge in [-0.25, -0.2) is 0 Å². The maximum Gasteiger partial charge on any atom is 0.123 e. The number of hydrogen-bond donors (Lipinski definition) is 1. The summed E-state index contributed by atoms with van der Waals surface area (Å²) in [7, 11) is 1.74. The summed E-state index contributed by atoms with van der Waals surface area (Å²) in [4.78, 5) is 2.25. The third kappa shape index (κ3) is 2.97. The normalized spacial score (nSPS) is 23.4. The van der Waals surface area contributed by atoms with Gasteiger partial charge < -0.3 is 14.6 Å². The van der Waals surface area contributed by atoms with Gasteiger partial charge in [-0.05, 0) is 36.5 Å².